The molecule has 62 valence electrons. The molecule has 0 bridgehead atoms. The first-order valence-corrected chi connectivity index (χ1v) is 3.72. The van der Waals surface area contributed by atoms with Gasteiger partial charge in [0.1, 0.15) is 5.78 Å². The fourth-order valence-corrected chi connectivity index (χ4v) is 0. The number of aliphatic hydroxyl groups excluding tert-OH is 1. The number of hydrogen-bond donors (Lipinski definition) is 1. The summed E-state index contributed by atoms with van der Waals surface area (Å²) in [5.74, 6) is 0.255. The fraction of sp³-hybridized carbons (Fsp3) is 0.875. The van der Waals surface area contributed by atoms with Gasteiger partial charge in [-0.2, -0.15) is 0 Å². The van der Waals surface area contributed by atoms with Crippen LogP contribution >= 0.6 is 0 Å². The van der Waals surface area contributed by atoms with Crippen LogP contribution in [0.2, 0.25) is 0 Å². The summed E-state index contributed by atoms with van der Waals surface area (Å²) < 4.78 is 0. The molecule has 10 heavy (non-hydrogen) atoms. The average Bonchev–Trinajstić information content (AvgIpc) is 1.89. The van der Waals surface area contributed by atoms with Crippen molar-refractivity contribution in [3.63, 3.8) is 0 Å². The molecule has 1 atom stereocenters. The third kappa shape index (κ3) is 25.5. The molecule has 0 saturated heterocycles. The van der Waals surface area contributed by atoms with Crippen molar-refractivity contribution in [2.45, 2.75) is 46.6 Å². The Morgan fingerprint density at radius 3 is 1.70 bits per heavy atom. The predicted molar refractivity (Wildman–Crippen MR) is 42.9 cm³/mol. The van der Waals surface area contributed by atoms with Crippen molar-refractivity contribution in [3.05, 3.63) is 0 Å². The molecule has 1 unspecified atom stereocenters. The molecule has 0 aromatic carbocycles. The van der Waals surface area contributed by atoms with Gasteiger partial charge in [-0.15, -0.1) is 0 Å². The third-order valence-corrected chi connectivity index (χ3v) is 1.09. The van der Waals surface area contributed by atoms with E-state index in [1.54, 1.807) is 13.8 Å². The maximum atomic E-state index is 9.81. The molecule has 0 heterocycles. The van der Waals surface area contributed by atoms with Crippen LogP contribution in [-0.2, 0) is 4.79 Å². The van der Waals surface area contributed by atoms with Crippen LogP contribution in [0.1, 0.15) is 40.5 Å². The Bertz CT molecular complexity index is 77.3. The fourth-order valence-electron chi connectivity index (χ4n) is 0. The van der Waals surface area contributed by atoms with Gasteiger partial charge in [0.25, 0.3) is 0 Å². The van der Waals surface area contributed by atoms with Gasteiger partial charge in [-0.25, -0.2) is 0 Å². The number of Topliss-reactive ketones (excluding diaryl/α,β-unsaturated/α-hetero) is 1. The number of aliphatic hydroxyl groups is 1. The molecule has 0 fully saturated rings. The monoisotopic (exact) mass is 146 g/mol. The Labute approximate surface area is 63.3 Å². The van der Waals surface area contributed by atoms with E-state index in [9.17, 15) is 4.79 Å². The molecule has 0 spiro atoms. The lowest BCUT2D eigenvalue weighted by Crippen LogP contribution is -1.93. The second kappa shape index (κ2) is 8.63. The molecule has 0 aliphatic heterocycles. The van der Waals surface area contributed by atoms with Crippen LogP contribution in [-0.4, -0.2) is 17.0 Å². The maximum absolute atomic E-state index is 9.81. The Kier molecular flexibility index (Phi) is 10.6. The first kappa shape index (κ1) is 12.3. The number of carbonyl (C=O) groups is 1. The van der Waals surface area contributed by atoms with Gasteiger partial charge in [0.15, 0.2) is 0 Å². The van der Waals surface area contributed by atoms with Crippen LogP contribution in [0.3, 0.4) is 0 Å². The van der Waals surface area contributed by atoms with E-state index in [1.807, 2.05) is 13.8 Å². The first-order valence-electron chi connectivity index (χ1n) is 3.72. The Hall–Kier alpha value is -0.370. The molecule has 2 heteroatoms. The molecule has 1 N–H and O–H groups in total. The molecular weight excluding hydrogens is 128 g/mol. The van der Waals surface area contributed by atoms with E-state index in [0.717, 1.165) is 6.42 Å². The van der Waals surface area contributed by atoms with E-state index in [4.69, 9.17) is 5.11 Å². The summed E-state index contributed by atoms with van der Waals surface area (Å²) in [6.45, 7) is 7.16. The minimum Gasteiger partial charge on any atom is -0.393 e. The number of carbonyl (C=O) groups excluding carboxylic acids is 1. The van der Waals surface area contributed by atoms with Crippen molar-refractivity contribution >= 4 is 5.78 Å². The average molecular weight is 146 g/mol. The molecule has 0 aromatic heterocycles. The van der Waals surface area contributed by atoms with Crippen LogP contribution in [0.15, 0.2) is 0 Å². The van der Waals surface area contributed by atoms with Gasteiger partial charge in [0.05, 0.1) is 6.10 Å². The molecule has 0 amide bonds. The van der Waals surface area contributed by atoms with E-state index in [0.29, 0.717) is 6.42 Å². The van der Waals surface area contributed by atoms with Crippen molar-refractivity contribution in [1.29, 1.82) is 0 Å². The highest BCUT2D eigenvalue weighted by atomic mass is 16.3. The molecule has 0 radical (unpaired) electrons. The minimum absolute atomic E-state index is 0.116. The second-order valence-corrected chi connectivity index (χ2v) is 2.31. The standard InChI is InChI=1S/C4H10O.C4H8O/c2*1-3-4(2)5/h4-5H,3H2,1-2H3;3H2,1-2H3. The zero-order valence-corrected chi connectivity index (χ0v) is 7.35. The summed E-state index contributed by atoms with van der Waals surface area (Å²) in [7, 11) is 0. The quantitative estimate of drug-likeness (QED) is 0.644. The summed E-state index contributed by atoms with van der Waals surface area (Å²) in [6, 6.07) is 0. The van der Waals surface area contributed by atoms with Crippen LogP contribution in [0, 0.1) is 0 Å². The topological polar surface area (TPSA) is 37.3 Å². The van der Waals surface area contributed by atoms with Crippen LogP contribution < -0.4 is 0 Å². The lowest BCUT2D eigenvalue weighted by atomic mass is 10.3. The van der Waals surface area contributed by atoms with E-state index >= 15 is 0 Å². The summed E-state index contributed by atoms with van der Waals surface area (Å²) in [5.41, 5.74) is 0. The van der Waals surface area contributed by atoms with Gasteiger partial charge in [-0.05, 0) is 20.3 Å². The summed E-state index contributed by atoms with van der Waals surface area (Å²) >= 11 is 0. The molecule has 2 nitrogen and oxygen atoms in total. The summed E-state index contributed by atoms with van der Waals surface area (Å²) in [6.07, 6.45) is 1.41. The second-order valence-electron chi connectivity index (χ2n) is 2.31. The Balaban J connectivity index is 0. The first-order chi connectivity index (χ1) is 4.54. The van der Waals surface area contributed by atoms with Gasteiger partial charge in [-0.1, -0.05) is 13.8 Å². The zero-order chi connectivity index (χ0) is 8.57. The van der Waals surface area contributed by atoms with E-state index in [-0.39, 0.29) is 11.9 Å². The molecule has 0 aliphatic carbocycles. The highest BCUT2D eigenvalue weighted by Gasteiger charge is 1.81. The number of ketones is 1. The largest absolute Gasteiger partial charge is 0.393 e. The van der Waals surface area contributed by atoms with Gasteiger partial charge in [0.2, 0.25) is 0 Å². The molecular formula is C8H18O2. The minimum atomic E-state index is -0.116. The van der Waals surface area contributed by atoms with Crippen molar-refractivity contribution in [2.75, 3.05) is 0 Å². The van der Waals surface area contributed by atoms with E-state index in [1.165, 1.54) is 0 Å². The lowest BCUT2D eigenvalue weighted by Gasteiger charge is -1.90. The van der Waals surface area contributed by atoms with Gasteiger partial charge < -0.3 is 9.90 Å². The highest BCUT2D eigenvalue weighted by molar-refractivity contribution is 5.74. The highest BCUT2D eigenvalue weighted by Crippen LogP contribution is 1.81. The summed E-state index contributed by atoms with van der Waals surface area (Å²) in [4.78, 5) is 9.81. The van der Waals surface area contributed by atoms with E-state index in [2.05, 4.69) is 0 Å². The smallest absolute Gasteiger partial charge is 0.129 e. The van der Waals surface area contributed by atoms with Crippen LogP contribution in [0.5, 0.6) is 0 Å². The van der Waals surface area contributed by atoms with Crippen molar-refractivity contribution in [3.8, 4) is 0 Å². The number of rotatable bonds is 2. The van der Waals surface area contributed by atoms with Crippen molar-refractivity contribution in [1.82, 2.24) is 0 Å². The molecule has 0 aliphatic rings. The van der Waals surface area contributed by atoms with Crippen LogP contribution in [0.25, 0.3) is 0 Å². The third-order valence-electron chi connectivity index (χ3n) is 1.09. The van der Waals surface area contributed by atoms with E-state index < -0.39 is 0 Å². The number of hydrogen-bond acceptors (Lipinski definition) is 2. The lowest BCUT2D eigenvalue weighted by molar-refractivity contribution is -0.116. The van der Waals surface area contributed by atoms with Crippen molar-refractivity contribution in [2.24, 2.45) is 0 Å². The van der Waals surface area contributed by atoms with Crippen LogP contribution in [0.4, 0.5) is 0 Å². The Morgan fingerprint density at radius 2 is 1.70 bits per heavy atom. The zero-order valence-electron chi connectivity index (χ0n) is 7.35. The van der Waals surface area contributed by atoms with Gasteiger partial charge in [-0.3, -0.25) is 0 Å². The Morgan fingerprint density at radius 1 is 1.50 bits per heavy atom. The predicted octanol–water partition coefficient (Wildman–Crippen LogP) is 1.76. The maximum Gasteiger partial charge on any atom is 0.129 e. The normalized spacial score (nSPS) is 11.3. The molecule has 0 rings (SSSR count). The van der Waals surface area contributed by atoms with Gasteiger partial charge in [0, 0.05) is 6.42 Å². The van der Waals surface area contributed by atoms with Gasteiger partial charge >= 0.3 is 0 Å². The van der Waals surface area contributed by atoms with Crippen molar-refractivity contribution < 1.29 is 9.90 Å². The molecule has 0 saturated carbocycles. The SMILES string of the molecule is CCC(C)=O.CCC(C)O. The summed E-state index contributed by atoms with van der Waals surface area (Å²) in [5, 5.41) is 8.36. The molecule has 0 aromatic rings.